The number of carbonyl (C=O) groups excluding carboxylic acids is 1. The van der Waals surface area contributed by atoms with Gasteiger partial charge in [-0.15, -0.1) is 12.6 Å². The lowest BCUT2D eigenvalue weighted by Gasteiger charge is -2.19. The van der Waals surface area contributed by atoms with E-state index in [-0.39, 0.29) is 5.91 Å². The van der Waals surface area contributed by atoms with E-state index in [4.69, 9.17) is 0 Å². The number of hydrogen-bond donors (Lipinski definition) is 2. The first-order chi connectivity index (χ1) is 10.2. The van der Waals surface area contributed by atoms with Gasteiger partial charge in [0.05, 0.1) is 6.42 Å². The number of hydrogen-bond acceptors (Lipinski definition) is 2. The molecule has 1 N–H and O–H groups in total. The van der Waals surface area contributed by atoms with Crippen molar-refractivity contribution < 1.29 is 4.79 Å². The third-order valence-corrected chi connectivity index (χ3v) is 4.27. The van der Waals surface area contributed by atoms with Crippen LogP contribution in [0.4, 0.5) is 5.69 Å². The zero-order valence-corrected chi connectivity index (χ0v) is 12.8. The van der Waals surface area contributed by atoms with Gasteiger partial charge in [-0.25, -0.2) is 0 Å². The minimum absolute atomic E-state index is 0.0425. The van der Waals surface area contributed by atoms with Gasteiger partial charge in [-0.2, -0.15) is 0 Å². The van der Waals surface area contributed by atoms with E-state index in [2.05, 4.69) is 24.0 Å². The summed E-state index contributed by atoms with van der Waals surface area (Å²) < 4.78 is 0. The first kappa shape index (κ1) is 14.2. The fourth-order valence-corrected chi connectivity index (χ4v) is 3.04. The number of thiol groups is 1. The van der Waals surface area contributed by atoms with Crippen molar-refractivity contribution in [3.05, 3.63) is 59.2 Å². The molecule has 0 heterocycles. The zero-order valence-electron chi connectivity index (χ0n) is 11.9. The second-order valence-corrected chi connectivity index (χ2v) is 6.06. The third kappa shape index (κ3) is 3.48. The fourth-order valence-electron chi connectivity index (χ4n) is 2.89. The summed E-state index contributed by atoms with van der Waals surface area (Å²) >= 11 is 4.26. The molecule has 0 saturated heterocycles. The molecular weight excluding hydrogens is 278 g/mol. The molecule has 2 nitrogen and oxygen atoms in total. The van der Waals surface area contributed by atoms with Crippen molar-refractivity contribution in [2.75, 3.05) is 5.32 Å². The maximum absolute atomic E-state index is 12.2. The van der Waals surface area contributed by atoms with Gasteiger partial charge in [-0.3, -0.25) is 4.79 Å². The van der Waals surface area contributed by atoms with Crippen molar-refractivity contribution in [3.63, 3.8) is 0 Å². The van der Waals surface area contributed by atoms with Gasteiger partial charge in [0, 0.05) is 10.6 Å². The molecule has 1 aliphatic carbocycles. The van der Waals surface area contributed by atoms with Crippen LogP contribution in [-0.4, -0.2) is 5.91 Å². The molecular formula is C18H19NOS. The molecule has 2 aromatic rings. The largest absolute Gasteiger partial charge is 0.326 e. The molecule has 0 atom stereocenters. The molecule has 21 heavy (non-hydrogen) atoms. The molecule has 0 saturated carbocycles. The van der Waals surface area contributed by atoms with Gasteiger partial charge in [0.15, 0.2) is 0 Å². The highest BCUT2D eigenvalue weighted by atomic mass is 32.1. The normalized spacial score (nSPS) is 13.6. The van der Waals surface area contributed by atoms with E-state index < -0.39 is 0 Å². The van der Waals surface area contributed by atoms with Crippen molar-refractivity contribution in [1.29, 1.82) is 0 Å². The lowest BCUT2D eigenvalue weighted by molar-refractivity contribution is -0.115. The molecule has 0 fully saturated rings. The molecule has 0 aliphatic heterocycles. The highest BCUT2D eigenvalue weighted by molar-refractivity contribution is 7.80. The number of aryl methyl sites for hydroxylation is 1. The Kier molecular flexibility index (Phi) is 4.30. The predicted octanol–water partition coefficient (Wildman–Crippen LogP) is 4.04. The van der Waals surface area contributed by atoms with Crippen LogP contribution in [-0.2, 0) is 24.1 Å². The Morgan fingerprint density at radius 3 is 2.62 bits per heavy atom. The van der Waals surface area contributed by atoms with E-state index in [1.807, 2.05) is 36.4 Å². The number of amides is 1. The van der Waals surface area contributed by atoms with Crippen molar-refractivity contribution in [3.8, 4) is 0 Å². The van der Waals surface area contributed by atoms with E-state index in [0.717, 1.165) is 29.0 Å². The molecule has 0 radical (unpaired) electrons. The topological polar surface area (TPSA) is 29.1 Å². The molecule has 1 amide bonds. The van der Waals surface area contributed by atoms with Crippen LogP contribution < -0.4 is 5.32 Å². The van der Waals surface area contributed by atoms with Crippen LogP contribution in [0.2, 0.25) is 0 Å². The van der Waals surface area contributed by atoms with E-state index in [9.17, 15) is 4.79 Å². The summed E-state index contributed by atoms with van der Waals surface area (Å²) in [6.45, 7) is 0. The summed E-state index contributed by atoms with van der Waals surface area (Å²) in [7, 11) is 0. The van der Waals surface area contributed by atoms with Gasteiger partial charge in [0.1, 0.15) is 0 Å². The number of anilines is 1. The maximum Gasteiger partial charge on any atom is 0.228 e. The zero-order chi connectivity index (χ0) is 14.7. The summed E-state index contributed by atoms with van der Waals surface area (Å²) in [5.41, 5.74) is 4.71. The third-order valence-electron chi connectivity index (χ3n) is 3.97. The van der Waals surface area contributed by atoms with Crippen LogP contribution in [0.5, 0.6) is 0 Å². The maximum atomic E-state index is 12.2. The van der Waals surface area contributed by atoms with E-state index in [1.54, 1.807) is 0 Å². The molecule has 0 spiro atoms. The summed E-state index contributed by atoms with van der Waals surface area (Å²) in [6.07, 6.45) is 5.06. The average Bonchev–Trinajstić information content (AvgIpc) is 2.50. The van der Waals surface area contributed by atoms with E-state index >= 15 is 0 Å². The monoisotopic (exact) mass is 297 g/mol. The van der Waals surface area contributed by atoms with Crippen molar-refractivity contribution in [2.24, 2.45) is 0 Å². The van der Waals surface area contributed by atoms with Crippen molar-refractivity contribution >= 4 is 24.2 Å². The van der Waals surface area contributed by atoms with Crippen molar-refractivity contribution in [1.82, 2.24) is 0 Å². The summed E-state index contributed by atoms with van der Waals surface area (Å²) in [5.74, 6) is 0.0425. The molecule has 3 rings (SSSR count). The smallest absolute Gasteiger partial charge is 0.228 e. The number of fused-ring (bicyclic) bond motifs is 1. The predicted molar refractivity (Wildman–Crippen MR) is 89.1 cm³/mol. The number of rotatable bonds is 3. The minimum Gasteiger partial charge on any atom is -0.326 e. The fraction of sp³-hybridized carbons (Fsp3) is 0.278. The van der Waals surface area contributed by atoms with Gasteiger partial charge >= 0.3 is 0 Å². The van der Waals surface area contributed by atoms with Crippen LogP contribution in [0.3, 0.4) is 0 Å². The molecule has 0 bridgehead atoms. The van der Waals surface area contributed by atoms with Crippen LogP contribution in [0.25, 0.3) is 0 Å². The van der Waals surface area contributed by atoms with Crippen LogP contribution in [0, 0.1) is 0 Å². The molecule has 3 heteroatoms. The number of carbonyl (C=O) groups is 1. The van der Waals surface area contributed by atoms with Crippen LogP contribution >= 0.6 is 12.6 Å². The number of nitrogens with one attached hydrogen (secondary N) is 1. The Hall–Kier alpha value is -1.74. The SMILES string of the molecule is O=C(Cc1ccc(S)cc1)Nc1cccc2c1CCCC2. The second-order valence-electron chi connectivity index (χ2n) is 5.54. The lowest BCUT2D eigenvalue weighted by Crippen LogP contribution is -2.17. The Morgan fingerprint density at radius 2 is 1.81 bits per heavy atom. The Morgan fingerprint density at radius 1 is 1.05 bits per heavy atom. The van der Waals surface area contributed by atoms with Gasteiger partial charge in [0.2, 0.25) is 5.91 Å². The molecule has 108 valence electrons. The summed E-state index contributed by atoms with van der Waals surface area (Å²) in [6, 6.07) is 13.9. The quantitative estimate of drug-likeness (QED) is 0.823. The molecule has 0 aromatic heterocycles. The first-order valence-electron chi connectivity index (χ1n) is 7.41. The molecule has 0 unspecified atom stereocenters. The standard InChI is InChI=1S/C18H19NOS/c20-18(12-13-8-10-15(21)11-9-13)19-17-7-3-5-14-4-1-2-6-16(14)17/h3,5,7-11,21H,1-2,4,6,12H2,(H,19,20). The Balaban J connectivity index is 1.71. The van der Waals surface area contributed by atoms with Gasteiger partial charge in [0.25, 0.3) is 0 Å². The van der Waals surface area contributed by atoms with Crippen LogP contribution in [0.15, 0.2) is 47.4 Å². The highest BCUT2D eigenvalue weighted by Gasteiger charge is 2.14. The van der Waals surface area contributed by atoms with E-state index in [0.29, 0.717) is 6.42 Å². The minimum atomic E-state index is 0.0425. The Labute approximate surface area is 131 Å². The van der Waals surface area contributed by atoms with E-state index in [1.165, 1.54) is 24.0 Å². The first-order valence-corrected chi connectivity index (χ1v) is 7.85. The lowest BCUT2D eigenvalue weighted by atomic mass is 9.90. The van der Waals surface area contributed by atoms with Gasteiger partial charge in [-0.05, 0) is 60.6 Å². The summed E-state index contributed by atoms with van der Waals surface area (Å²) in [4.78, 5) is 13.1. The average molecular weight is 297 g/mol. The molecule has 1 aliphatic rings. The number of benzene rings is 2. The Bertz CT molecular complexity index is 649. The van der Waals surface area contributed by atoms with Gasteiger partial charge < -0.3 is 5.32 Å². The van der Waals surface area contributed by atoms with Gasteiger partial charge in [-0.1, -0.05) is 24.3 Å². The summed E-state index contributed by atoms with van der Waals surface area (Å²) in [5, 5.41) is 3.08. The molecule has 2 aromatic carbocycles. The van der Waals surface area contributed by atoms with Crippen molar-refractivity contribution in [2.45, 2.75) is 37.0 Å². The van der Waals surface area contributed by atoms with Crippen LogP contribution in [0.1, 0.15) is 29.5 Å². The second kappa shape index (κ2) is 6.35. The highest BCUT2D eigenvalue weighted by Crippen LogP contribution is 2.27.